The maximum absolute atomic E-state index is 12.5. The van der Waals surface area contributed by atoms with E-state index in [1.165, 1.54) is 0 Å². The molecule has 1 aliphatic heterocycles. The fourth-order valence-corrected chi connectivity index (χ4v) is 4.21. The number of anilines is 1. The summed E-state index contributed by atoms with van der Waals surface area (Å²) in [6, 6.07) is 18.1. The predicted molar refractivity (Wildman–Crippen MR) is 93.1 cm³/mol. The van der Waals surface area contributed by atoms with Gasteiger partial charge in [-0.3, -0.25) is 4.79 Å². The predicted octanol–water partition coefficient (Wildman–Crippen LogP) is 4.56. The number of halogens is 1. The number of carbonyl (C=O) groups is 1. The van der Waals surface area contributed by atoms with Crippen LogP contribution < -0.4 is 4.90 Å². The van der Waals surface area contributed by atoms with E-state index in [0.29, 0.717) is 0 Å². The summed E-state index contributed by atoms with van der Waals surface area (Å²) in [6.07, 6.45) is 0. The molecule has 20 heavy (non-hydrogen) atoms. The smallest absolute Gasteiger partial charge is 0.265 e. The SMILES string of the molecule is CN1C(=O)C(I)=C(c2ccccc2)Sc2ccccc21. The summed E-state index contributed by atoms with van der Waals surface area (Å²) >= 11 is 3.81. The van der Waals surface area contributed by atoms with Gasteiger partial charge in [-0.1, -0.05) is 54.2 Å². The van der Waals surface area contributed by atoms with Crippen molar-refractivity contribution in [1.82, 2.24) is 0 Å². The van der Waals surface area contributed by atoms with Crippen LogP contribution >= 0.6 is 34.4 Å². The normalized spacial score (nSPS) is 15.1. The lowest BCUT2D eigenvalue weighted by Crippen LogP contribution is -2.25. The second-order valence-corrected chi connectivity index (χ2v) is 6.57. The standard InChI is InChI=1S/C16H12INOS/c1-18-12-9-5-6-10-13(12)20-15(14(17)16(18)19)11-7-3-2-4-8-11/h2-10H,1H3. The average Bonchev–Trinajstić information content (AvgIpc) is 2.60. The molecule has 0 N–H and O–H groups in total. The molecule has 0 fully saturated rings. The number of likely N-dealkylation sites (N-methyl/N-ethyl adjacent to an activating group) is 1. The summed E-state index contributed by atoms with van der Waals surface area (Å²) in [7, 11) is 1.83. The minimum Gasteiger partial charge on any atom is -0.310 e. The third kappa shape index (κ3) is 2.38. The highest BCUT2D eigenvalue weighted by atomic mass is 127. The van der Waals surface area contributed by atoms with Crippen molar-refractivity contribution in [2.45, 2.75) is 4.90 Å². The van der Waals surface area contributed by atoms with Crippen molar-refractivity contribution >= 4 is 50.9 Å². The molecule has 1 amide bonds. The number of hydrogen-bond acceptors (Lipinski definition) is 2. The minimum absolute atomic E-state index is 0.0434. The van der Waals surface area contributed by atoms with Crippen molar-refractivity contribution in [1.29, 1.82) is 0 Å². The average molecular weight is 393 g/mol. The van der Waals surface area contributed by atoms with Crippen LogP contribution in [-0.4, -0.2) is 13.0 Å². The van der Waals surface area contributed by atoms with Gasteiger partial charge in [0.2, 0.25) is 0 Å². The van der Waals surface area contributed by atoms with E-state index < -0.39 is 0 Å². The summed E-state index contributed by atoms with van der Waals surface area (Å²) in [4.78, 5) is 16.4. The molecule has 0 atom stereocenters. The van der Waals surface area contributed by atoms with Gasteiger partial charge in [-0.25, -0.2) is 0 Å². The van der Waals surface area contributed by atoms with Crippen LogP contribution in [0.1, 0.15) is 5.56 Å². The lowest BCUT2D eigenvalue weighted by molar-refractivity contribution is -0.114. The molecule has 1 heterocycles. The molecule has 0 bridgehead atoms. The zero-order valence-electron chi connectivity index (χ0n) is 10.8. The third-order valence-electron chi connectivity index (χ3n) is 3.17. The van der Waals surface area contributed by atoms with E-state index in [-0.39, 0.29) is 5.91 Å². The Labute approximate surface area is 136 Å². The Morgan fingerprint density at radius 1 is 1.00 bits per heavy atom. The Balaban J connectivity index is 2.18. The lowest BCUT2D eigenvalue weighted by Gasteiger charge is -2.16. The van der Waals surface area contributed by atoms with Crippen molar-refractivity contribution in [3.63, 3.8) is 0 Å². The van der Waals surface area contributed by atoms with Crippen molar-refractivity contribution in [3.05, 3.63) is 63.7 Å². The van der Waals surface area contributed by atoms with Crippen LogP contribution in [0.4, 0.5) is 5.69 Å². The fourth-order valence-electron chi connectivity index (χ4n) is 2.10. The van der Waals surface area contributed by atoms with Crippen molar-refractivity contribution in [2.24, 2.45) is 0 Å². The van der Waals surface area contributed by atoms with Gasteiger partial charge in [-0.2, -0.15) is 0 Å². The first-order valence-corrected chi connectivity index (χ1v) is 8.08. The summed E-state index contributed by atoms with van der Waals surface area (Å²) in [5, 5.41) is 0. The number of amides is 1. The Hall–Kier alpha value is -1.27. The van der Waals surface area contributed by atoms with Gasteiger partial charge in [0.1, 0.15) is 0 Å². The molecule has 2 aromatic rings. The van der Waals surface area contributed by atoms with E-state index in [4.69, 9.17) is 0 Å². The Morgan fingerprint density at radius 3 is 2.40 bits per heavy atom. The molecule has 0 unspecified atom stereocenters. The first kappa shape index (κ1) is 13.7. The quantitative estimate of drug-likeness (QED) is 0.663. The molecular formula is C16H12INOS. The molecule has 0 saturated carbocycles. The highest BCUT2D eigenvalue weighted by Gasteiger charge is 2.26. The van der Waals surface area contributed by atoms with Crippen LogP contribution in [0.2, 0.25) is 0 Å². The molecule has 0 saturated heterocycles. The fraction of sp³-hybridized carbons (Fsp3) is 0.0625. The van der Waals surface area contributed by atoms with Gasteiger partial charge < -0.3 is 4.90 Å². The summed E-state index contributed by atoms with van der Waals surface area (Å²) in [6.45, 7) is 0. The number of rotatable bonds is 1. The number of thioether (sulfide) groups is 1. The molecule has 3 rings (SSSR count). The van der Waals surface area contributed by atoms with E-state index in [1.807, 2.05) is 55.6 Å². The maximum Gasteiger partial charge on any atom is 0.265 e. The van der Waals surface area contributed by atoms with Crippen LogP contribution in [0.3, 0.4) is 0 Å². The summed E-state index contributed by atoms with van der Waals surface area (Å²) < 4.78 is 0.762. The molecule has 0 aromatic heterocycles. The number of nitrogens with zero attached hydrogens (tertiary/aromatic N) is 1. The van der Waals surface area contributed by atoms with Crippen LogP contribution in [0, 0.1) is 0 Å². The number of fused-ring (bicyclic) bond motifs is 1. The molecular weight excluding hydrogens is 381 g/mol. The first-order chi connectivity index (χ1) is 9.68. The Bertz CT molecular complexity index is 697. The number of para-hydroxylation sites is 1. The van der Waals surface area contributed by atoms with Gasteiger partial charge in [0.15, 0.2) is 0 Å². The monoisotopic (exact) mass is 393 g/mol. The Kier molecular flexibility index (Phi) is 3.85. The molecule has 0 spiro atoms. The zero-order valence-corrected chi connectivity index (χ0v) is 13.8. The van der Waals surface area contributed by atoms with Crippen molar-refractivity contribution in [3.8, 4) is 0 Å². The third-order valence-corrected chi connectivity index (χ3v) is 5.74. The van der Waals surface area contributed by atoms with Gasteiger partial charge in [0.25, 0.3) is 5.91 Å². The van der Waals surface area contributed by atoms with E-state index in [1.54, 1.807) is 16.7 Å². The Morgan fingerprint density at radius 2 is 1.65 bits per heavy atom. The second-order valence-electron chi connectivity index (χ2n) is 4.44. The molecule has 0 aliphatic carbocycles. The van der Waals surface area contributed by atoms with Gasteiger partial charge in [0.05, 0.1) is 9.27 Å². The topological polar surface area (TPSA) is 20.3 Å². The lowest BCUT2D eigenvalue weighted by atomic mass is 10.2. The highest BCUT2D eigenvalue weighted by Crippen LogP contribution is 2.45. The van der Waals surface area contributed by atoms with Crippen LogP contribution in [0.25, 0.3) is 4.91 Å². The number of benzene rings is 2. The zero-order chi connectivity index (χ0) is 14.1. The molecule has 2 aromatic carbocycles. The molecule has 1 aliphatic rings. The van der Waals surface area contributed by atoms with Gasteiger partial charge in [-0.15, -0.1) is 0 Å². The number of hydrogen-bond donors (Lipinski definition) is 0. The summed E-state index contributed by atoms with van der Waals surface area (Å²) in [5.74, 6) is 0.0434. The number of carbonyl (C=O) groups excluding carboxylic acids is 1. The van der Waals surface area contributed by atoms with Crippen molar-refractivity contribution < 1.29 is 4.79 Å². The first-order valence-electron chi connectivity index (χ1n) is 6.18. The van der Waals surface area contributed by atoms with Crippen LogP contribution in [-0.2, 0) is 4.79 Å². The van der Waals surface area contributed by atoms with Crippen LogP contribution in [0.15, 0.2) is 63.1 Å². The van der Waals surface area contributed by atoms with Crippen molar-refractivity contribution in [2.75, 3.05) is 11.9 Å². The van der Waals surface area contributed by atoms with Gasteiger partial charge in [0, 0.05) is 16.8 Å². The van der Waals surface area contributed by atoms with E-state index >= 15 is 0 Å². The largest absolute Gasteiger partial charge is 0.310 e. The van der Waals surface area contributed by atoms with Gasteiger partial charge >= 0.3 is 0 Å². The molecule has 2 nitrogen and oxygen atoms in total. The molecule has 100 valence electrons. The van der Waals surface area contributed by atoms with E-state index in [0.717, 1.165) is 24.6 Å². The molecule has 0 radical (unpaired) electrons. The maximum atomic E-state index is 12.5. The van der Waals surface area contributed by atoms with E-state index in [9.17, 15) is 4.79 Å². The minimum atomic E-state index is 0.0434. The molecule has 4 heteroatoms. The van der Waals surface area contributed by atoms with Gasteiger partial charge in [-0.05, 0) is 40.3 Å². The highest BCUT2D eigenvalue weighted by molar-refractivity contribution is 14.1. The second kappa shape index (κ2) is 5.61. The summed E-state index contributed by atoms with van der Waals surface area (Å²) in [5.41, 5.74) is 2.04. The van der Waals surface area contributed by atoms with Crippen LogP contribution in [0.5, 0.6) is 0 Å². The van der Waals surface area contributed by atoms with E-state index in [2.05, 4.69) is 28.7 Å².